The smallest absolute Gasteiger partial charge is 0.306 e. The molecule has 0 aliphatic heterocycles. The van der Waals surface area contributed by atoms with Gasteiger partial charge in [-0.25, -0.2) is 0 Å². The van der Waals surface area contributed by atoms with Crippen LogP contribution in [0.3, 0.4) is 0 Å². The van der Waals surface area contributed by atoms with Gasteiger partial charge in [-0.15, -0.1) is 0 Å². The molecule has 6 heteroatoms. The number of carbonyl (C=O) groups is 3. The maximum absolute atomic E-state index is 12.9. The van der Waals surface area contributed by atoms with E-state index in [1.54, 1.807) is 0 Å². The third kappa shape index (κ3) is 69.2. The van der Waals surface area contributed by atoms with Crippen LogP contribution in [0, 0.1) is 0 Å². The summed E-state index contributed by atoms with van der Waals surface area (Å²) in [5.41, 5.74) is 0. The number of esters is 3. The third-order valence-corrected chi connectivity index (χ3v) is 17.9. The molecular weight excluding hydrogens is 1010 g/mol. The highest BCUT2D eigenvalue weighted by Gasteiger charge is 2.20. The lowest BCUT2D eigenvalue weighted by Gasteiger charge is -2.18. The van der Waals surface area contributed by atoms with Crippen LogP contribution in [0.2, 0.25) is 0 Å². The molecule has 1 unspecified atom stereocenters. The van der Waals surface area contributed by atoms with Gasteiger partial charge in [-0.05, 0) is 19.3 Å². The molecule has 0 aromatic rings. The van der Waals surface area contributed by atoms with E-state index in [0.29, 0.717) is 19.3 Å². The van der Waals surface area contributed by atoms with Crippen molar-refractivity contribution < 1.29 is 28.6 Å². The Morgan fingerprint density at radius 3 is 0.488 bits per heavy atom. The number of hydrogen-bond donors (Lipinski definition) is 0. The van der Waals surface area contributed by atoms with Crippen LogP contribution in [-0.4, -0.2) is 37.2 Å². The van der Waals surface area contributed by atoms with Crippen molar-refractivity contribution >= 4 is 17.9 Å². The monoisotopic (exact) mass is 1160 g/mol. The zero-order valence-corrected chi connectivity index (χ0v) is 56.3. The summed E-state index contributed by atoms with van der Waals surface area (Å²) in [5, 5.41) is 0. The Morgan fingerprint density at radius 2 is 0.329 bits per heavy atom. The van der Waals surface area contributed by atoms with Crippen LogP contribution in [0.5, 0.6) is 0 Å². The van der Waals surface area contributed by atoms with Gasteiger partial charge >= 0.3 is 17.9 Å². The summed E-state index contributed by atoms with van der Waals surface area (Å²) in [7, 11) is 0. The summed E-state index contributed by atoms with van der Waals surface area (Å²) in [6.07, 6.45) is 86.3. The van der Waals surface area contributed by atoms with E-state index in [4.69, 9.17) is 14.2 Å². The van der Waals surface area contributed by atoms with Gasteiger partial charge in [0.2, 0.25) is 0 Å². The van der Waals surface area contributed by atoms with Crippen LogP contribution < -0.4 is 0 Å². The van der Waals surface area contributed by atoms with E-state index in [0.717, 1.165) is 57.8 Å². The maximum Gasteiger partial charge on any atom is 0.306 e. The predicted molar refractivity (Wildman–Crippen MR) is 358 cm³/mol. The summed E-state index contributed by atoms with van der Waals surface area (Å²) < 4.78 is 16.9. The molecule has 0 radical (unpaired) electrons. The number of ether oxygens (including phenoxy) is 3. The second-order valence-electron chi connectivity index (χ2n) is 26.3. The molecule has 0 N–H and O–H groups in total. The van der Waals surface area contributed by atoms with E-state index in [2.05, 4.69) is 20.8 Å². The van der Waals surface area contributed by atoms with E-state index in [-0.39, 0.29) is 31.1 Å². The van der Waals surface area contributed by atoms with Gasteiger partial charge in [0, 0.05) is 19.3 Å². The molecule has 82 heavy (non-hydrogen) atoms. The van der Waals surface area contributed by atoms with Gasteiger partial charge in [0.05, 0.1) is 0 Å². The molecule has 6 nitrogen and oxygen atoms in total. The highest BCUT2D eigenvalue weighted by atomic mass is 16.6. The average Bonchev–Trinajstić information content (AvgIpc) is 3.48. The minimum Gasteiger partial charge on any atom is -0.462 e. The van der Waals surface area contributed by atoms with Gasteiger partial charge in [0.1, 0.15) is 13.2 Å². The first-order valence-electron chi connectivity index (χ1n) is 38.0. The molecular formula is C76H148O6. The molecule has 0 saturated heterocycles. The van der Waals surface area contributed by atoms with Crippen LogP contribution in [0.4, 0.5) is 0 Å². The molecule has 0 fully saturated rings. The highest BCUT2D eigenvalue weighted by molar-refractivity contribution is 5.71. The standard InChI is InChI=1S/C76H148O6/c1-4-7-10-13-16-18-20-22-24-26-28-30-32-34-35-36-37-38-39-40-42-43-45-47-49-51-53-55-57-60-63-66-69-75(78)81-72-73(71-80-74(77)68-65-62-59-15-12-9-6-3)82-76(79)70-67-64-61-58-56-54-52-50-48-46-44-41-33-31-29-27-25-23-21-19-17-14-11-8-5-2/h73H,4-72H2,1-3H3. The lowest BCUT2D eigenvalue weighted by Crippen LogP contribution is -2.30. The predicted octanol–water partition coefficient (Wildman–Crippen LogP) is 26.2. The highest BCUT2D eigenvalue weighted by Crippen LogP contribution is 2.20. The number of carbonyl (C=O) groups excluding carboxylic acids is 3. The Bertz CT molecular complexity index is 1240. The Morgan fingerprint density at radius 1 is 0.195 bits per heavy atom. The van der Waals surface area contributed by atoms with Gasteiger partial charge in [-0.2, -0.15) is 0 Å². The van der Waals surface area contributed by atoms with Crippen LogP contribution in [0.15, 0.2) is 0 Å². The lowest BCUT2D eigenvalue weighted by atomic mass is 10.0. The summed E-state index contributed by atoms with van der Waals surface area (Å²) >= 11 is 0. The molecule has 488 valence electrons. The minimum atomic E-state index is -0.762. The molecule has 0 aliphatic rings. The molecule has 0 aromatic carbocycles. The molecule has 0 amide bonds. The van der Waals surface area contributed by atoms with Crippen LogP contribution in [0.1, 0.15) is 451 Å². The topological polar surface area (TPSA) is 78.9 Å². The van der Waals surface area contributed by atoms with E-state index in [9.17, 15) is 14.4 Å². The fourth-order valence-corrected chi connectivity index (χ4v) is 12.2. The van der Waals surface area contributed by atoms with Crippen LogP contribution in [0.25, 0.3) is 0 Å². The van der Waals surface area contributed by atoms with Crippen molar-refractivity contribution in [2.75, 3.05) is 13.2 Å². The van der Waals surface area contributed by atoms with Crippen molar-refractivity contribution in [2.24, 2.45) is 0 Å². The number of rotatable bonds is 72. The molecule has 0 heterocycles. The first-order chi connectivity index (χ1) is 40.5. The Hall–Kier alpha value is -1.59. The molecule has 0 rings (SSSR count). The van der Waals surface area contributed by atoms with Crippen molar-refractivity contribution in [3.63, 3.8) is 0 Å². The average molecular weight is 1160 g/mol. The van der Waals surface area contributed by atoms with Crippen molar-refractivity contribution in [3.8, 4) is 0 Å². The molecule has 0 saturated carbocycles. The second kappa shape index (κ2) is 71.9. The largest absolute Gasteiger partial charge is 0.462 e. The van der Waals surface area contributed by atoms with Gasteiger partial charge < -0.3 is 14.2 Å². The molecule has 0 aliphatic carbocycles. The zero-order valence-electron chi connectivity index (χ0n) is 56.3. The van der Waals surface area contributed by atoms with Crippen molar-refractivity contribution in [2.45, 2.75) is 457 Å². The summed E-state index contributed by atoms with van der Waals surface area (Å²) in [5.74, 6) is -0.830. The second-order valence-corrected chi connectivity index (χ2v) is 26.3. The van der Waals surface area contributed by atoms with Crippen molar-refractivity contribution in [3.05, 3.63) is 0 Å². The van der Waals surface area contributed by atoms with E-state index < -0.39 is 6.10 Å². The van der Waals surface area contributed by atoms with Crippen LogP contribution >= 0.6 is 0 Å². The quantitative estimate of drug-likeness (QED) is 0.0343. The Kier molecular flexibility index (Phi) is 70.5. The van der Waals surface area contributed by atoms with E-state index in [1.165, 1.54) is 353 Å². The Labute approximate surface area is 514 Å². The molecule has 0 spiro atoms. The third-order valence-electron chi connectivity index (χ3n) is 17.9. The van der Waals surface area contributed by atoms with Crippen molar-refractivity contribution in [1.82, 2.24) is 0 Å². The van der Waals surface area contributed by atoms with E-state index in [1.807, 2.05) is 0 Å². The van der Waals surface area contributed by atoms with E-state index >= 15 is 0 Å². The van der Waals surface area contributed by atoms with Gasteiger partial charge in [-0.3, -0.25) is 14.4 Å². The fraction of sp³-hybridized carbons (Fsp3) is 0.961. The fourth-order valence-electron chi connectivity index (χ4n) is 12.2. The van der Waals surface area contributed by atoms with Crippen molar-refractivity contribution in [1.29, 1.82) is 0 Å². The van der Waals surface area contributed by atoms with Gasteiger partial charge in [0.15, 0.2) is 6.10 Å². The first kappa shape index (κ1) is 80.4. The molecule has 1 atom stereocenters. The molecule has 0 bridgehead atoms. The maximum atomic E-state index is 12.9. The zero-order chi connectivity index (χ0) is 59.2. The SMILES string of the molecule is CCCCCCCCCCCCCCCCCCCCCCCCCCCCCCCCCCC(=O)OCC(COC(=O)CCCCCCCCC)OC(=O)CCCCCCCCCCCCCCCCCCCCCCCCCCC. The summed E-state index contributed by atoms with van der Waals surface area (Å²) in [6.45, 7) is 6.70. The first-order valence-corrected chi connectivity index (χ1v) is 38.0. The Balaban J connectivity index is 3.93. The molecule has 0 aromatic heterocycles. The minimum absolute atomic E-state index is 0.0611. The normalized spacial score (nSPS) is 11.9. The number of unbranched alkanes of at least 4 members (excludes halogenated alkanes) is 61. The lowest BCUT2D eigenvalue weighted by molar-refractivity contribution is -0.167. The summed E-state index contributed by atoms with van der Waals surface area (Å²) in [4.78, 5) is 38.2. The van der Waals surface area contributed by atoms with Crippen LogP contribution in [-0.2, 0) is 28.6 Å². The number of hydrogen-bond acceptors (Lipinski definition) is 6. The summed E-state index contributed by atoms with van der Waals surface area (Å²) in [6, 6.07) is 0. The van der Waals surface area contributed by atoms with Gasteiger partial charge in [0.25, 0.3) is 0 Å². The van der Waals surface area contributed by atoms with Gasteiger partial charge in [-0.1, -0.05) is 412 Å².